The van der Waals surface area contributed by atoms with Crippen LogP contribution in [0, 0.1) is 23.2 Å². The normalized spacial score (nSPS) is 41.3. The number of epoxide rings is 1. The first-order chi connectivity index (χ1) is 16.5. The van der Waals surface area contributed by atoms with Crippen molar-refractivity contribution in [3.05, 3.63) is 23.8 Å². The third-order valence-electron chi connectivity index (χ3n) is 9.84. The van der Waals surface area contributed by atoms with Crippen LogP contribution < -0.4 is 9.47 Å². The minimum absolute atomic E-state index is 0.0210. The van der Waals surface area contributed by atoms with E-state index in [0.29, 0.717) is 18.6 Å². The van der Waals surface area contributed by atoms with E-state index in [-0.39, 0.29) is 29.0 Å². The molecular weight excluding hydrogens is 432 g/mol. The molecule has 7 rings (SSSR count). The summed E-state index contributed by atoms with van der Waals surface area (Å²) in [4.78, 5) is 18.0. The highest BCUT2D eigenvalue weighted by Crippen LogP contribution is 2.62. The van der Waals surface area contributed by atoms with Crippen LogP contribution in [0.3, 0.4) is 0 Å². The summed E-state index contributed by atoms with van der Waals surface area (Å²) < 4.78 is 23.0. The summed E-state index contributed by atoms with van der Waals surface area (Å²) in [5.41, 5.74) is 1.65. The fraction of sp³-hybridized carbons (Fsp3) is 0.741. The van der Waals surface area contributed by atoms with Crippen LogP contribution in [0.4, 0.5) is 0 Å². The number of hydrogen-bond donors (Lipinski definition) is 0. The molecule has 0 radical (unpaired) electrons. The summed E-state index contributed by atoms with van der Waals surface area (Å²) in [7, 11) is 0. The third-order valence-corrected chi connectivity index (χ3v) is 9.84. The van der Waals surface area contributed by atoms with Gasteiger partial charge in [0.2, 0.25) is 6.79 Å². The molecule has 5 fully saturated rings. The van der Waals surface area contributed by atoms with Gasteiger partial charge in [-0.05, 0) is 61.1 Å². The molecule has 0 N–H and O–H groups in total. The van der Waals surface area contributed by atoms with Gasteiger partial charge in [-0.1, -0.05) is 13.0 Å². The fourth-order valence-electron chi connectivity index (χ4n) is 7.87. The van der Waals surface area contributed by atoms with E-state index < -0.39 is 0 Å². The summed E-state index contributed by atoms with van der Waals surface area (Å²) in [6, 6.07) is 6.24. The zero-order valence-corrected chi connectivity index (χ0v) is 20.2. The predicted molar refractivity (Wildman–Crippen MR) is 125 cm³/mol. The van der Waals surface area contributed by atoms with Gasteiger partial charge in [-0.3, -0.25) is 14.6 Å². The summed E-state index contributed by atoms with van der Waals surface area (Å²) >= 11 is 0. The van der Waals surface area contributed by atoms with E-state index in [1.54, 1.807) is 0 Å². The van der Waals surface area contributed by atoms with Crippen molar-refractivity contribution >= 4 is 5.97 Å². The minimum Gasteiger partial charge on any atom is -0.462 e. The van der Waals surface area contributed by atoms with Gasteiger partial charge in [0.05, 0.1) is 18.1 Å². The highest BCUT2D eigenvalue weighted by atomic mass is 16.7. The van der Waals surface area contributed by atoms with Crippen LogP contribution in [0.15, 0.2) is 18.2 Å². The first kappa shape index (κ1) is 21.5. The largest absolute Gasteiger partial charge is 0.462 e. The van der Waals surface area contributed by atoms with Crippen molar-refractivity contribution in [3.63, 3.8) is 0 Å². The van der Waals surface area contributed by atoms with E-state index in [1.165, 1.54) is 24.8 Å². The van der Waals surface area contributed by atoms with Crippen molar-refractivity contribution in [2.45, 2.75) is 57.3 Å². The van der Waals surface area contributed by atoms with Crippen LogP contribution in [0.25, 0.3) is 0 Å². The van der Waals surface area contributed by atoms with E-state index >= 15 is 0 Å². The Balaban J connectivity index is 0.971. The standard InChI is InChI=1S/C27H36N2O5/c1-26-5-2-6-27(16-33-27)24(26)12-19-20(25(30)34-23(19)13-26)15-29-9-7-28(8-10-29)14-18-3-4-21-22(11-18)32-17-31-21/h3-4,11,19-20,23-24H,2,5-10,12-17H2,1H3/t19-,20+,23+,24-,26+,27+/m0/s1. The molecule has 7 nitrogen and oxygen atoms in total. The maximum absolute atomic E-state index is 13.0. The monoisotopic (exact) mass is 468 g/mol. The highest BCUT2D eigenvalue weighted by Gasteiger charge is 2.65. The van der Waals surface area contributed by atoms with Gasteiger partial charge in [-0.15, -0.1) is 0 Å². The Labute approximate surface area is 201 Å². The number of fused-ring (bicyclic) bond motifs is 4. The molecule has 184 valence electrons. The van der Waals surface area contributed by atoms with Crippen molar-refractivity contribution in [1.29, 1.82) is 0 Å². The number of benzene rings is 1. The van der Waals surface area contributed by atoms with Gasteiger partial charge in [0.25, 0.3) is 0 Å². The van der Waals surface area contributed by atoms with Crippen LogP contribution in [0.2, 0.25) is 0 Å². The average molecular weight is 469 g/mol. The molecule has 2 saturated carbocycles. The van der Waals surface area contributed by atoms with Gasteiger partial charge in [-0.25, -0.2) is 0 Å². The lowest BCUT2D eigenvalue weighted by Crippen LogP contribution is -2.52. The molecule has 6 atom stereocenters. The molecule has 1 aromatic carbocycles. The molecule has 4 heterocycles. The Morgan fingerprint density at radius 2 is 1.85 bits per heavy atom. The Kier molecular flexibility index (Phi) is 4.94. The number of nitrogens with zero attached hydrogens (tertiary/aromatic N) is 2. The minimum atomic E-state index is 0.0210. The molecular formula is C27H36N2O5. The summed E-state index contributed by atoms with van der Waals surface area (Å²) in [6.07, 6.45) is 5.94. The third kappa shape index (κ3) is 3.54. The van der Waals surface area contributed by atoms with Crippen LogP contribution in [0.5, 0.6) is 11.5 Å². The highest BCUT2D eigenvalue weighted by molar-refractivity contribution is 5.75. The van der Waals surface area contributed by atoms with E-state index in [0.717, 1.165) is 70.2 Å². The van der Waals surface area contributed by atoms with Gasteiger partial charge in [0.15, 0.2) is 11.5 Å². The molecule has 1 spiro atoms. The van der Waals surface area contributed by atoms with Gasteiger partial charge in [0, 0.05) is 45.2 Å². The summed E-state index contributed by atoms with van der Waals surface area (Å²) in [6.45, 7) is 9.46. The number of hydrogen-bond acceptors (Lipinski definition) is 7. The van der Waals surface area contributed by atoms with E-state index in [4.69, 9.17) is 18.9 Å². The summed E-state index contributed by atoms with van der Waals surface area (Å²) in [5.74, 6) is 2.71. The van der Waals surface area contributed by atoms with Crippen LogP contribution in [-0.4, -0.2) is 73.6 Å². The predicted octanol–water partition coefficient (Wildman–Crippen LogP) is 3.06. The van der Waals surface area contributed by atoms with E-state index in [2.05, 4.69) is 28.9 Å². The van der Waals surface area contributed by atoms with Crippen molar-refractivity contribution in [3.8, 4) is 11.5 Å². The van der Waals surface area contributed by atoms with Gasteiger partial charge < -0.3 is 18.9 Å². The fourth-order valence-corrected chi connectivity index (χ4v) is 7.87. The molecule has 1 aromatic rings. The number of piperazine rings is 1. The molecule has 0 amide bonds. The van der Waals surface area contributed by atoms with E-state index in [9.17, 15) is 4.79 Å². The zero-order valence-electron chi connectivity index (χ0n) is 20.2. The Morgan fingerprint density at radius 3 is 2.68 bits per heavy atom. The second-order valence-corrected chi connectivity index (χ2v) is 11.9. The molecule has 0 bridgehead atoms. The molecule has 2 aliphatic carbocycles. The SMILES string of the molecule is C[C@]12CCC[C@@]3(CO3)[C@H]1C[C@@H]1[C@@H](C2)OC(=O)[C@@H]1CN1CCN(Cc2ccc3c(c2)OCO3)CC1. The van der Waals surface area contributed by atoms with Gasteiger partial charge in [-0.2, -0.15) is 0 Å². The molecule has 34 heavy (non-hydrogen) atoms. The first-order valence-corrected chi connectivity index (χ1v) is 13.2. The first-order valence-electron chi connectivity index (χ1n) is 13.2. The molecule has 0 aromatic heterocycles. The quantitative estimate of drug-likeness (QED) is 0.497. The van der Waals surface area contributed by atoms with Crippen molar-refractivity contribution in [1.82, 2.24) is 9.80 Å². The molecule has 4 aliphatic heterocycles. The average Bonchev–Trinajstić information content (AvgIpc) is 3.31. The second-order valence-electron chi connectivity index (χ2n) is 11.9. The lowest BCUT2D eigenvalue weighted by atomic mass is 9.53. The van der Waals surface area contributed by atoms with Gasteiger partial charge >= 0.3 is 5.97 Å². The van der Waals surface area contributed by atoms with E-state index in [1.807, 2.05) is 6.07 Å². The van der Waals surface area contributed by atoms with Crippen LogP contribution >= 0.6 is 0 Å². The second kappa shape index (κ2) is 7.84. The lowest BCUT2D eigenvalue weighted by Gasteiger charge is -2.51. The Morgan fingerprint density at radius 1 is 1.06 bits per heavy atom. The molecule has 3 saturated heterocycles. The van der Waals surface area contributed by atoms with Gasteiger partial charge in [0.1, 0.15) is 6.10 Å². The Bertz CT molecular complexity index is 972. The maximum atomic E-state index is 13.0. The number of esters is 1. The molecule has 6 aliphatic rings. The topological polar surface area (TPSA) is 63.8 Å². The number of carbonyl (C=O) groups excluding carboxylic acids is 1. The molecule has 7 heteroatoms. The molecule has 0 unspecified atom stereocenters. The zero-order chi connectivity index (χ0) is 22.9. The van der Waals surface area contributed by atoms with Crippen LogP contribution in [-0.2, 0) is 20.8 Å². The van der Waals surface area contributed by atoms with Crippen molar-refractivity contribution in [2.75, 3.05) is 46.1 Å². The number of carbonyl (C=O) groups is 1. The maximum Gasteiger partial charge on any atom is 0.310 e. The smallest absolute Gasteiger partial charge is 0.310 e. The Hall–Kier alpha value is -1.83. The van der Waals surface area contributed by atoms with Crippen molar-refractivity contribution < 1.29 is 23.7 Å². The number of rotatable bonds is 4. The van der Waals surface area contributed by atoms with Crippen molar-refractivity contribution in [2.24, 2.45) is 23.2 Å². The van der Waals surface area contributed by atoms with Crippen LogP contribution in [0.1, 0.15) is 44.6 Å². The lowest BCUT2D eigenvalue weighted by molar-refractivity contribution is -0.147. The number of ether oxygens (including phenoxy) is 4. The summed E-state index contributed by atoms with van der Waals surface area (Å²) in [5, 5.41) is 0.